The SMILES string of the molecule is OCC(CO)c1cnn2c1NC=NCCCCC=C2. The van der Waals surface area contributed by atoms with Crippen LogP contribution in [-0.2, 0) is 0 Å². The zero-order valence-electron chi connectivity index (χ0n) is 10.9. The van der Waals surface area contributed by atoms with E-state index in [0.717, 1.165) is 37.2 Å². The predicted molar refractivity (Wildman–Crippen MR) is 75.3 cm³/mol. The number of rotatable bonds is 3. The van der Waals surface area contributed by atoms with Gasteiger partial charge in [0.05, 0.1) is 25.7 Å². The number of aliphatic imine (C=N–C) groups is 1. The van der Waals surface area contributed by atoms with Crippen LogP contribution in [0.2, 0.25) is 0 Å². The Hall–Kier alpha value is -1.66. The average molecular weight is 264 g/mol. The van der Waals surface area contributed by atoms with Gasteiger partial charge in [0.25, 0.3) is 0 Å². The van der Waals surface area contributed by atoms with Gasteiger partial charge in [-0.25, -0.2) is 4.68 Å². The van der Waals surface area contributed by atoms with Crippen molar-refractivity contribution in [2.45, 2.75) is 25.2 Å². The minimum absolute atomic E-state index is 0.113. The van der Waals surface area contributed by atoms with Crippen LogP contribution in [-0.4, -0.2) is 46.1 Å². The average Bonchev–Trinajstić information content (AvgIpc) is 2.79. The molecular formula is C13H20N4O2. The van der Waals surface area contributed by atoms with Crippen molar-refractivity contribution in [3.05, 3.63) is 17.8 Å². The van der Waals surface area contributed by atoms with Gasteiger partial charge in [0.1, 0.15) is 5.82 Å². The van der Waals surface area contributed by atoms with Gasteiger partial charge in [-0.2, -0.15) is 5.10 Å². The molecule has 0 bridgehead atoms. The molecule has 2 heterocycles. The van der Waals surface area contributed by atoms with Crippen LogP contribution in [0.25, 0.3) is 6.20 Å². The van der Waals surface area contributed by atoms with Crippen LogP contribution < -0.4 is 5.32 Å². The van der Waals surface area contributed by atoms with Gasteiger partial charge >= 0.3 is 0 Å². The smallest absolute Gasteiger partial charge is 0.137 e. The van der Waals surface area contributed by atoms with Gasteiger partial charge < -0.3 is 15.5 Å². The molecule has 0 amide bonds. The second-order valence-electron chi connectivity index (χ2n) is 4.52. The minimum Gasteiger partial charge on any atom is -0.396 e. The Labute approximate surface area is 112 Å². The Balaban J connectivity index is 2.31. The number of aliphatic hydroxyl groups is 2. The number of aliphatic hydroxyl groups excluding tert-OH is 2. The molecule has 0 aromatic carbocycles. The maximum Gasteiger partial charge on any atom is 0.137 e. The summed E-state index contributed by atoms with van der Waals surface area (Å²) in [5.74, 6) is 0.415. The van der Waals surface area contributed by atoms with E-state index in [1.54, 1.807) is 17.2 Å². The minimum atomic E-state index is -0.330. The molecule has 6 nitrogen and oxygen atoms in total. The van der Waals surface area contributed by atoms with E-state index in [1.807, 2.05) is 6.20 Å². The number of allylic oxidation sites excluding steroid dienone is 1. The van der Waals surface area contributed by atoms with Crippen molar-refractivity contribution in [3.63, 3.8) is 0 Å². The molecule has 1 aliphatic heterocycles. The van der Waals surface area contributed by atoms with E-state index in [-0.39, 0.29) is 19.1 Å². The molecular weight excluding hydrogens is 244 g/mol. The molecule has 19 heavy (non-hydrogen) atoms. The summed E-state index contributed by atoms with van der Waals surface area (Å²) in [5.41, 5.74) is 0.792. The fraction of sp³-hybridized carbons (Fsp3) is 0.538. The molecule has 0 spiro atoms. The number of fused-ring (bicyclic) bond motifs is 1. The number of hydrogen-bond donors (Lipinski definition) is 3. The van der Waals surface area contributed by atoms with Crippen molar-refractivity contribution in [3.8, 4) is 0 Å². The molecule has 104 valence electrons. The molecule has 0 saturated carbocycles. The quantitative estimate of drug-likeness (QED) is 0.762. The van der Waals surface area contributed by atoms with E-state index in [1.165, 1.54) is 0 Å². The van der Waals surface area contributed by atoms with Crippen LogP contribution >= 0.6 is 0 Å². The Bertz CT molecular complexity index is 449. The predicted octanol–water partition coefficient (Wildman–Crippen LogP) is 1.05. The first-order valence-electron chi connectivity index (χ1n) is 6.57. The Morgan fingerprint density at radius 1 is 1.32 bits per heavy atom. The Kier molecular flexibility index (Phi) is 5.11. The van der Waals surface area contributed by atoms with Crippen molar-refractivity contribution in [2.24, 2.45) is 4.99 Å². The topological polar surface area (TPSA) is 82.7 Å². The van der Waals surface area contributed by atoms with E-state index >= 15 is 0 Å². The maximum absolute atomic E-state index is 9.29. The van der Waals surface area contributed by atoms with Gasteiger partial charge in [-0.1, -0.05) is 6.08 Å². The van der Waals surface area contributed by atoms with E-state index in [4.69, 9.17) is 0 Å². The normalized spacial score (nSPS) is 15.9. The molecule has 0 radical (unpaired) electrons. The lowest BCUT2D eigenvalue weighted by atomic mass is 10.0. The van der Waals surface area contributed by atoms with Crippen LogP contribution in [0.1, 0.15) is 30.7 Å². The number of nitrogens with zero attached hydrogens (tertiary/aromatic N) is 3. The fourth-order valence-electron chi connectivity index (χ4n) is 2.00. The lowest BCUT2D eigenvalue weighted by Gasteiger charge is -2.12. The van der Waals surface area contributed by atoms with Gasteiger partial charge in [0.15, 0.2) is 0 Å². The monoisotopic (exact) mass is 264 g/mol. The summed E-state index contributed by atoms with van der Waals surface area (Å²) < 4.78 is 1.71. The summed E-state index contributed by atoms with van der Waals surface area (Å²) in [6, 6.07) is 0. The van der Waals surface area contributed by atoms with Crippen molar-refractivity contribution in [2.75, 3.05) is 25.1 Å². The summed E-state index contributed by atoms with van der Waals surface area (Å²) in [7, 11) is 0. The number of hydrogen-bond acceptors (Lipinski definition) is 5. The van der Waals surface area contributed by atoms with Crippen LogP contribution in [0.5, 0.6) is 0 Å². The first-order valence-corrected chi connectivity index (χ1v) is 6.57. The first kappa shape index (κ1) is 13.8. The summed E-state index contributed by atoms with van der Waals surface area (Å²) in [5, 5.41) is 25.9. The van der Waals surface area contributed by atoms with E-state index in [9.17, 15) is 10.2 Å². The lowest BCUT2D eigenvalue weighted by molar-refractivity contribution is 0.193. The zero-order valence-corrected chi connectivity index (χ0v) is 10.9. The van der Waals surface area contributed by atoms with Crippen molar-refractivity contribution in [1.29, 1.82) is 0 Å². The summed E-state index contributed by atoms with van der Waals surface area (Å²) in [6.07, 6.45) is 10.5. The fourth-order valence-corrected chi connectivity index (χ4v) is 2.00. The molecule has 0 saturated heterocycles. The molecule has 0 atom stereocenters. The van der Waals surface area contributed by atoms with E-state index in [2.05, 4.69) is 21.5 Å². The molecule has 6 heteroatoms. The summed E-state index contributed by atoms with van der Waals surface area (Å²) >= 11 is 0. The summed E-state index contributed by atoms with van der Waals surface area (Å²) in [6.45, 7) is 0.573. The molecule has 1 aromatic heterocycles. The van der Waals surface area contributed by atoms with Gasteiger partial charge in [-0.15, -0.1) is 0 Å². The largest absolute Gasteiger partial charge is 0.396 e. The second-order valence-corrected chi connectivity index (χ2v) is 4.52. The number of anilines is 1. The summed E-state index contributed by atoms with van der Waals surface area (Å²) in [4.78, 5) is 4.27. The van der Waals surface area contributed by atoms with Crippen LogP contribution in [0.4, 0.5) is 5.82 Å². The Morgan fingerprint density at radius 3 is 2.95 bits per heavy atom. The number of aromatic nitrogens is 2. The van der Waals surface area contributed by atoms with Crippen molar-refractivity contribution in [1.82, 2.24) is 9.78 Å². The van der Waals surface area contributed by atoms with Crippen molar-refractivity contribution >= 4 is 18.4 Å². The van der Waals surface area contributed by atoms with Gasteiger partial charge in [-0.05, 0) is 19.3 Å². The highest BCUT2D eigenvalue weighted by Gasteiger charge is 2.17. The van der Waals surface area contributed by atoms with Gasteiger partial charge in [-0.3, -0.25) is 4.99 Å². The molecule has 2 rings (SSSR count). The third kappa shape index (κ3) is 3.42. The van der Waals surface area contributed by atoms with E-state index < -0.39 is 0 Å². The van der Waals surface area contributed by atoms with Crippen LogP contribution in [0, 0.1) is 0 Å². The Morgan fingerprint density at radius 2 is 2.16 bits per heavy atom. The zero-order chi connectivity index (χ0) is 13.5. The lowest BCUT2D eigenvalue weighted by Crippen LogP contribution is -2.12. The molecule has 1 aliphatic rings. The maximum atomic E-state index is 9.29. The molecule has 0 aliphatic carbocycles. The van der Waals surface area contributed by atoms with Crippen LogP contribution in [0.15, 0.2) is 17.3 Å². The number of nitrogens with one attached hydrogen (secondary N) is 1. The third-order valence-electron chi connectivity index (χ3n) is 3.15. The molecule has 1 aromatic rings. The standard InChI is InChI=1S/C13H20N4O2/c18-8-11(9-19)12-7-16-17-6-4-2-1-3-5-14-10-15-13(12)17/h4,6-7,10-11,18-19H,1-3,5,8-9H2,(H,14,15). The first-order chi connectivity index (χ1) is 9.36. The highest BCUT2D eigenvalue weighted by atomic mass is 16.3. The third-order valence-corrected chi connectivity index (χ3v) is 3.15. The second kappa shape index (κ2) is 7.06. The highest BCUT2D eigenvalue weighted by molar-refractivity contribution is 5.76. The van der Waals surface area contributed by atoms with Crippen LogP contribution in [0.3, 0.4) is 0 Å². The van der Waals surface area contributed by atoms with E-state index in [0.29, 0.717) is 0 Å². The van der Waals surface area contributed by atoms with Gasteiger partial charge in [0, 0.05) is 24.2 Å². The molecule has 0 fully saturated rings. The molecule has 3 N–H and O–H groups in total. The molecule has 0 unspecified atom stereocenters. The van der Waals surface area contributed by atoms with Crippen molar-refractivity contribution < 1.29 is 10.2 Å². The van der Waals surface area contributed by atoms with Gasteiger partial charge in [0.2, 0.25) is 0 Å². The highest BCUT2D eigenvalue weighted by Crippen LogP contribution is 2.24.